The summed E-state index contributed by atoms with van der Waals surface area (Å²) in [6.07, 6.45) is 1.90. The molecule has 1 amide bonds. The van der Waals surface area contributed by atoms with Gasteiger partial charge in [0.05, 0.1) is 23.3 Å². The summed E-state index contributed by atoms with van der Waals surface area (Å²) in [6.45, 7) is 1.34. The molecule has 0 aromatic heterocycles. The average molecular weight is 437 g/mol. The number of likely N-dealkylation sites (tertiary alicyclic amines) is 1. The number of sulfonamides is 1. The van der Waals surface area contributed by atoms with Gasteiger partial charge in [-0.1, -0.05) is 48.5 Å². The van der Waals surface area contributed by atoms with Crippen molar-refractivity contribution in [2.45, 2.75) is 17.7 Å². The number of benzene rings is 3. The molecule has 6 nitrogen and oxygen atoms in total. The van der Waals surface area contributed by atoms with Crippen LogP contribution in [0.3, 0.4) is 0 Å². The van der Waals surface area contributed by atoms with Crippen molar-refractivity contribution in [1.82, 2.24) is 4.90 Å². The van der Waals surface area contributed by atoms with Crippen LogP contribution in [0, 0.1) is 0 Å². The molecular weight excluding hydrogens is 412 g/mol. The number of nitrogens with one attached hydrogen (secondary N) is 1. The van der Waals surface area contributed by atoms with Crippen molar-refractivity contribution in [3.05, 3.63) is 78.4 Å². The molecule has 0 unspecified atom stereocenters. The van der Waals surface area contributed by atoms with E-state index in [2.05, 4.69) is 4.72 Å². The second-order valence-electron chi connectivity index (χ2n) is 7.38. The van der Waals surface area contributed by atoms with Gasteiger partial charge < -0.3 is 9.64 Å². The van der Waals surface area contributed by atoms with E-state index in [1.54, 1.807) is 17.0 Å². The molecule has 1 fully saturated rings. The van der Waals surface area contributed by atoms with Crippen LogP contribution in [0.4, 0.5) is 5.69 Å². The number of nitrogens with zero attached hydrogens (tertiary/aromatic N) is 1. The molecule has 160 valence electrons. The Kier molecular flexibility index (Phi) is 5.95. The predicted molar refractivity (Wildman–Crippen MR) is 121 cm³/mol. The first kappa shape index (κ1) is 20.9. The van der Waals surface area contributed by atoms with E-state index in [1.807, 2.05) is 42.5 Å². The Morgan fingerprint density at radius 2 is 1.61 bits per heavy atom. The van der Waals surface area contributed by atoms with Gasteiger partial charge in [-0.25, -0.2) is 8.42 Å². The number of para-hydroxylation sites is 1. The lowest BCUT2D eigenvalue weighted by Crippen LogP contribution is -2.28. The zero-order valence-corrected chi connectivity index (χ0v) is 18.1. The van der Waals surface area contributed by atoms with Crippen LogP contribution in [0.25, 0.3) is 11.1 Å². The first-order valence-electron chi connectivity index (χ1n) is 10.1. The molecule has 1 aliphatic heterocycles. The van der Waals surface area contributed by atoms with Gasteiger partial charge in [0.15, 0.2) is 0 Å². The molecule has 0 aliphatic carbocycles. The maximum absolute atomic E-state index is 13.2. The molecule has 1 aliphatic rings. The second kappa shape index (κ2) is 8.81. The highest BCUT2D eigenvalue weighted by Crippen LogP contribution is 2.31. The SMILES string of the molecule is COc1ccc(S(=O)(=O)Nc2ccccc2-c2ccccc2)cc1C(=O)N1CCCC1. The summed E-state index contributed by atoms with van der Waals surface area (Å²) in [5.74, 6) is 0.150. The standard InChI is InChI=1S/C24H24N2O4S/c1-30-23-14-13-19(17-21(23)24(27)26-15-7-8-16-26)31(28,29)25-22-12-6-5-11-20(22)18-9-3-2-4-10-18/h2-6,9-14,17,25H,7-8,15-16H2,1H3. The maximum Gasteiger partial charge on any atom is 0.261 e. The Labute approximate surface area is 182 Å². The van der Waals surface area contributed by atoms with Crippen LogP contribution in [0.5, 0.6) is 5.75 Å². The number of hydrogen-bond donors (Lipinski definition) is 1. The number of ether oxygens (including phenoxy) is 1. The van der Waals surface area contributed by atoms with E-state index in [9.17, 15) is 13.2 Å². The van der Waals surface area contributed by atoms with Gasteiger partial charge in [-0.05, 0) is 42.7 Å². The third kappa shape index (κ3) is 4.41. The van der Waals surface area contributed by atoms with Gasteiger partial charge in [0.1, 0.15) is 5.75 Å². The van der Waals surface area contributed by atoms with Crippen molar-refractivity contribution in [3.8, 4) is 16.9 Å². The van der Waals surface area contributed by atoms with E-state index in [0.717, 1.165) is 24.0 Å². The van der Waals surface area contributed by atoms with Crippen LogP contribution in [-0.4, -0.2) is 39.4 Å². The van der Waals surface area contributed by atoms with Gasteiger partial charge in [-0.3, -0.25) is 9.52 Å². The molecule has 1 N–H and O–H groups in total. The fraction of sp³-hybridized carbons (Fsp3) is 0.208. The summed E-state index contributed by atoms with van der Waals surface area (Å²) in [5.41, 5.74) is 2.40. The van der Waals surface area contributed by atoms with Crippen LogP contribution in [0.15, 0.2) is 77.7 Å². The smallest absolute Gasteiger partial charge is 0.261 e. The van der Waals surface area contributed by atoms with Gasteiger partial charge in [0.25, 0.3) is 15.9 Å². The lowest BCUT2D eigenvalue weighted by atomic mass is 10.0. The number of methoxy groups -OCH3 is 1. The lowest BCUT2D eigenvalue weighted by molar-refractivity contribution is 0.0789. The first-order chi connectivity index (χ1) is 15.0. The van der Waals surface area contributed by atoms with Crippen LogP contribution in [-0.2, 0) is 10.0 Å². The first-order valence-corrected chi connectivity index (χ1v) is 11.6. The molecule has 0 bridgehead atoms. The van der Waals surface area contributed by atoms with E-state index in [-0.39, 0.29) is 16.4 Å². The van der Waals surface area contributed by atoms with E-state index < -0.39 is 10.0 Å². The molecule has 1 heterocycles. The monoisotopic (exact) mass is 436 g/mol. The van der Waals surface area contributed by atoms with Crippen molar-refractivity contribution in [2.24, 2.45) is 0 Å². The summed E-state index contributed by atoms with van der Waals surface area (Å²) in [7, 11) is -2.45. The van der Waals surface area contributed by atoms with Gasteiger partial charge >= 0.3 is 0 Å². The van der Waals surface area contributed by atoms with Crippen LogP contribution >= 0.6 is 0 Å². The second-order valence-corrected chi connectivity index (χ2v) is 9.06. The number of carbonyl (C=O) groups excluding carboxylic acids is 1. The number of hydrogen-bond acceptors (Lipinski definition) is 4. The van der Waals surface area contributed by atoms with Crippen molar-refractivity contribution in [1.29, 1.82) is 0 Å². The summed E-state index contributed by atoms with van der Waals surface area (Å²) in [4.78, 5) is 14.7. The molecule has 3 aromatic rings. The molecule has 0 radical (unpaired) electrons. The predicted octanol–water partition coefficient (Wildman–Crippen LogP) is 4.40. The number of anilines is 1. The largest absolute Gasteiger partial charge is 0.496 e. The zero-order chi connectivity index (χ0) is 21.8. The highest BCUT2D eigenvalue weighted by Gasteiger charge is 2.25. The van der Waals surface area contributed by atoms with E-state index in [1.165, 1.54) is 25.3 Å². The van der Waals surface area contributed by atoms with Gasteiger partial charge in [0.2, 0.25) is 0 Å². The lowest BCUT2D eigenvalue weighted by Gasteiger charge is -2.18. The maximum atomic E-state index is 13.2. The van der Waals surface area contributed by atoms with Crippen LogP contribution in [0.1, 0.15) is 23.2 Å². The van der Waals surface area contributed by atoms with Crippen molar-refractivity contribution < 1.29 is 17.9 Å². The fourth-order valence-corrected chi connectivity index (χ4v) is 4.86. The highest BCUT2D eigenvalue weighted by molar-refractivity contribution is 7.92. The van der Waals surface area contributed by atoms with Gasteiger partial charge in [-0.2, -0.15) is 0 Å². The molecule has 4 rings (SSSR count). The highest BCUT2D eigenvalue weighted by atomic mass is 32.2. The third-order valence-corrected chi connectivity index (χ3v) is 6.72. The Balaban J connectivity index is 1.69. The minimum atomic E-state index is -3.92. The Morgan fingerprint density at radius 1 is 0.935 bits per heavy atom. The van der Waals surface area contributed by atoms with Crippen LogP contribution in [0.2, 0.25) is 0 Å². The van der Waals surface area contributed by atoms with E-state index >= 15 is 0 Å². The molecule has 1 saturated heterocycles. The third-order valence-electron chi connectivity index (χ3n) is 5.36. The molecule has 0 spiro atoms. The molecule has 7 heteroatoms. The molecular formula is C24H24N2O4S. The van der Waals surface area contributed by atoms with Crippen molar-refractivity contribution >= 4 is 21.6 Å². The molecule has 31 heavy (non-hydrogen) atoms. The van der Waals surface area contributed by atoms with Crippen molar-refractivity contribution in [2.75, 3.05) is 24.9 Å². The molecule has 0 atom stereocenters. The normalized spacial score (nSPS) is 13.8. The van der Waals surface area contributed by atoms with Crippen LogP contribution < -0.4 is 9.46 Å². The Bertz CT molecular complexity index is 1190. The van der Waals surface area contributed by atoms with E-state index in [0.29, 0.717) is 24.5 Å². The fourth-order valence-electron chi connectivity index (χ4n) is 3.76. The molecule has 0 saturated carbocycles. The minimum Gasteiger partial charge on any atom is -0.496 e. The number of rotatable bonds is 6. The summed E-state index contributed by atoms with van der Waals surface area (Å²) >= 11 is 0. The summed E-state index contributed by atoms with van der Waals surface area (Å²) in [6, 6.07) is 21.2. The average Bonchev–Trinajstić information content (AvgIpc) is 3.34. The Hall–Kier alpha value is -3.32. The van der Waals surface area contributed by atoms with Crippen molar-refractivity contribution in [3.63, 3.8) is 0 Å². The number of carbonyl (C=O) groups is 1. The quantitative estimate of drug-likeness (QED) is 0.621. The summed E-state index contributed by atoms with van der Waals surface area (Å²) < 4.78 is 34.4. The Morgan fingerprint density at radius 3 is 2.32 bits per heavy atom. The van der Waals surface area contributed by atoms with Gasteiger partial charge in [0, 0.05) is 18.7 Å². The topological polar surface area (TPSA) is 75.7 Å². The van der Waals surface area contributed by atoms with E-state index in [4.69, 9.17) is 4.74 Å². The number of amides is 1. The van der Waals surface area contributed by atoms with Gasteiger partial charge in [-0.15, -0.1) is 0 Å². The summed E-state index contributed by atoms with van der Waals surface area (Å²) in [5, 5.41) is 0. The zero-order valence-electron chi connectivity index (χ0n) is 17.2. The minimum absolute atomic E-state index is 0.0127. The molecule has 3 aromatic carbocycles.